The van der Waals surface area contributed by atoms with Crippen LogP contribution < -0.4 is 10.1 Å². The molecule has 2 N–H and O–H groups in total. The molecule has 2 aromatic rings. The number of anilines is 1. The number of phenols is 1. The van der Waals surface area contributed by atoms with Crippen molar-refractivity contribution < 1.29 is 9.84 Å². The molecule has 2 rings (SSSR count). The van der Waals surface area contributed by atoms with Crippen molar-refractivity contribution in [2.75, 3.05) is 11.9 Å². The van der Waals surface area contributed by atoms with Crippen LogP contribution in [-0.4, -0.2) is 16.7 Å². The van der Waals surface area contributed by atoms with E-state index in [0.717, 1.165) is 11.3 Å². The monoisotopic (exact) mass is 322 g/mol. The first-order valence-electron chi connectivity index (χ1n) is 5.99. The van der Waals surface area contributed by atoms with E-state index in [2.05, 4.69) is 26.2 Å². The van der Waals surface area contributed by atoms with E-state index in [0.29, 0.717) is 23.5 Å². The van der Waals surface area contributed by atoms with Crippen LogP contribution in [0.3, 0.4) is 0 Å². The third kappa shape index (κ3) is 3.61. The summed E-state index contributed by atoms with van der Waals surface area (Å²) in [5.74, 6) is 0.868. The number of aromatic nitrogens is 1. The minimum atomic E-state index is 0.258. The summed E-state index contributed by atoms with van der Waals surface area (Å²) in [5.41, 5.74) is 1.70. The van der Waals surface area contributed by atoms with Crippen LogP contribution in [0, 0.1) is 0 Å². The Morgan fingerprint density at radius 3 is 2.84 bits per heavy atom. The van der Waals surface area contributed by atoms with E-state index in [1.54, 1.807) is 12.3 Å². The molecule has 100 valence electrons. The molecule has 0 bridgehead atoms. The second-order valence-corrected chi connectivity index (χ2v) is 4.77. The molecule has 0 spiro atoms. The van der Waals surface area contributed by atoms with Gasteiger partial charge in [0.1, 0.15) is 5.75 Å². The third-order valence-electron chi connectivity index (χ3n) is 2.58. The lowest BCUT2D eigenvalue weighted by Crippen LogP contribution is -2.01. The lowest BCUT2D eigenvalue weighted by molar-refractivity contribution is 0.327. The number of nitrogens with one attached hydrogen (secondary N) is 1. The topological polar surface area (TPSA) is 54.4 Å². The number of pyridine rings is 1. The molecule has 0 saturated carbocycles. The van der Waals surface area contributed by atoms with Gasteiger partial charge in [-0.2, -0.15) is 0 Å². The summed E-state index contributed by atoms with van der Waals surface area (Å²) in [6.07, 6.45) is 1.71. The van der Waals surface area contributed by atoms with E-state index in [-0.39, 0.29) is 5.75 Å². The number of phenolic OH excluding ortho intramolecular Hbond substituents is 1. The highest BCUT2D eigenvalue weighted by Gasteiger charge is 2.04. The number of hydrogen-bond donors (Lipinski definition) is 2. The van der Waals surface area contributed by atoms with E-state index in [1.165, 1.54) is 0 Å². The van der Waals surface area contributed by atoms with Crippen molar-refractivity contribution in [3.05, 3.63) is 46.6 Å². The van der Waals surface area contributed by atoms with Crippen molar-refractivity contribution in [2.24, 2.45) is 0 Å². The summed E-state index contributed by atoms with van der Waals surface area (Å²) < 4.78 is 5.96. The fourth-order valence-electron chi connectivity index (χ4n) is 1.62. The molecule has 4 nitrogen and oxygen atoms in total. The Hall–Kier alpha value is -1.75. The van der Waals surface area contributed by atoms with Crippen LogP contribution in [-0.2, 0) is 6.54 Å². The van der Waals surface area contributed by atoms with E-state index in [4.69, 9.17) is 4.74 Å². The zero-order chi connectivity index (χ0) is 13.7. The van der Waals surface area contributed by atoms with Gasteiger partial charge in [-0.3, -0.25) is 0 Å². The average Bonchev–Trinajstić information content (AvgIpc) is 2.42. The molecule has 0 fully saturated rings. The lowest BCUT2D eigenvalue weighted by Gasteiger charge is -2.09. The normalized spacial score (nSPS) is 10.2. The minimum absolute atomic E-state index is 0.258. The number of halogens is 1. The standard InChI is InChI=1S/C14H15BrN2O2/c1-2-19-13-7-6-11(9-17-13)16-8-10-4-3-5-12(15)14(10)18/h3-7,9,16,18H,2,8H2,1H3. The Labute approximate surface area is 120 Å². The van der Waals surface area contributed by atoms with Crippen LogP contribution in [0.1, 0.15) is 12.5 Å². The molecule has 0 unspecified atom stereocenters. The third-order valence-corrected chi connectivity index (χ3v) is 3.22. The first-order chi connectivity index (χ1) is 9.20. The van der Waals surface area contributed by atoms with Crippen LogP contribution in [0.2, 0.25) is 0 Å². The highest BCUT2D eigenvalue weighted by molar-refractivity contribution is 9.10. The van der Waals surface area contributed by atoms with Gasteiger partial charge in [0.05, 0.1) is 23.0 Å². The van der Waals surface area contributed by atoms with Gasteiger partial charge in [0.2, 0.25) is 5.88 Å². The summed E-state index contributed by atoms with van der Waals surface area (Å²) >= 11 is 3.29. The maximum atomic E-state index is 9.87. The molecule has 0 aliphatic heterocycles. The van der Waals surface area contributed by atoms with Crippen molar-refractivity contribution >= 4 is 21.6 Å². The summed E-state index contributed by atoms with van der Waals surface area (Å²) in [6.45, 7) is 3.05. The molecule has 0 saturated heterocycles. The molecule has 1 aromatic heterocycles. The van der Waals surface area contributed by atoms with Gasteiger partial charge in [0.15, 0.2) is 0 Å². The Morgan fingerprint density at radius 1 is 1.32 bits per heavy atom. The predicted molar refractivity (Wildman–Crippen MR) is 78.5 cm³/mol. The molecule has 0 amide bonds. The van der Waals surface area contributed by atoms with Crippen molar-refractivity contribution in [1.29, 1.82) is 0 Å². The van der Waals surface area contributed by atoms with Gasteiger partial charge in [0, 0.05) is 18.2 Å². The molecule has 0 aliphatic rings. The van der Waals surface area contributed by atoms with E-state index in [9.17, 15) is 5.11 Å². The molecule has 1 aromatic carbocycles. The van der Waals surface area contributed by atoms with Gasteiger partial charge in [0.25, 0.3) is 0 Å². The van der Waals surface area contributed by atoms with Crippen LogP contribution in [0.5, 0.6) is 11.6 Å². The highest BCUT2D eigenvalue weighted by atomic mass is 79.9. The number of aromatic hydroxyl groups is 1. The zero-order valence-electron chi connectivity index (χ0n) is 10.6. The molecule has 1 heterocycles. The molecular formula is C14H15BrN2O2. The Bertz CT molecular complexity index is 544. The van der Waals surface area contributed by atoms with Crippen LogP contribution in [0.25, 0.3) is 0 Å². The number of nitrogens with zero attached hydrogens (tertiary/aromatic N) is 1. The first-order valence-corrected chi connectivity index (χ1v) is 6.79. The van der Waals surface area contributed by atoms with Crippen LogP contribution in [0.15, 0.2) is 41.0 Å². The maximum absolute atomic E-state index is 9.87. The van der Waals surface area contributed by atoms with E-state index >= 15 is 0 Å². The fraction of sp³-hybridized carbons (Fsp3) is 0.214. The van der Waals surface area contributed by atoms with Gasteiger partial charge < -0.3 is 15.2 Å². The van der Waals surface area contributed by atoms with Gasteiger partial charge in [-0.15, -0.1) is 0 Å². The van der Waals surface area contributed by atoms with E-state index in [1.807, 2.05) is 31.2 Å². The van der Waals surface area contributed by atoms with Crippen LogP contribution >= 0.6 is 15.9 Å². The summed E-state index contributed by atoms with van der Waals surface area (Å²) in [5, 5.41) is 13.1. The predicted octanol–water partition coefficient (Wildman–Crippen LogP) is 3.56. The quantitative estimate of drug-likeness (QED) is 0.883. The molecule has 5 heteroatoms. The maximum Gasteiger partial charge on any atom is 0.213 e. The van der Waals surface area contributed by atoms with Gasteiger partial charge in [-0.25, -0.2) is 4.98 Å². The van der Waals surface area contributed by atoms with Gasteiger partial charge in [-0.05, 0) is 35.0 Å². The van der Waals surface area contributed by atoms with Crippen molar-refractivity contribution in [1.82, 2.24) is 4.98 Å². The SMILES string of the molecule is CCOc1ccc(NCc2cccc(Br)c2O)cn1. The molecule has 0 aliphatic carbocycles. The average molecular weight is 323 g/mol. The Morgan fingerprint density at radius 2 is 2.16 bits per heavy atom. The zero-order valence-corrected chi connectivity index (χ0v) is 12.1. The number of hydrogen-bond acceptors (Lipinski definition) is 4. The second kappa shape index (κ2) is 6.43. The molecule has 0 atom stereocenters. The van der Waals surface area contributed by atoms with Crippen molar-refractivity contribution in [3.8, 4) is 11.6 Å². The van der Waals surface area contributed by atoms with Crippen molar-refractivity contribution in [2.45, 2.75) is 13.5 Å². The van der Waals surface area contributed by atoms with Gasteiger partial charge >= 0.3 is 0 Å². The molecule has 0 radical (unpaired) electrons. The second-order valence-electron chi connectivity index (χ2n) is 3.92. The summed E-state index contributed by atoms with van der Waals surface area (Å²) in [4.78, 5) is 4.16. The van der Waals surface area contributed by atoms with Crippen molar-refractivity contribution in [3.63, 3.8) is 0 Å². The smallest absolute Gasteiger partial charge is 0.213 e. The fourth-order valence-corrected chi connectivity index (χ4v) is 2.03. The summed E-state index contributed by atoms with van der Waals surface area (Å²) in [7, 11) is 0. The largest absolute Gasteiger partial charge is 0.506 e. The highest BCUT2D eigenvalue weighted by Crippen LogP contribution is 2.27. The Balaban J connectivity index is 2.00. The molecule has 19 heavy (non-hydrogen) atoms. The van der Waals surface area contributed by atoms with Gasteiger partial charge in [-0.1, -0.05) is 12.1 Å². The van der Waals surface area contributed by atoms with Crippen LogP contribution in [0.4, 0.5) is 5.69 Å². The summed E-state index contributed by atoms with van der Waals surface area (Å²) in [6, 6.07) is 9.27. The number of rotatable bonds is 5. The lowest BCUT2D eigenvalue weighted by atomic mass is 10.2. The first kappa shape index (κ1) is 13.7. The Kier molecular flexibility index (Phi) is 4.63. The van der Waals surface area contributed by atoms with E-state index < -0.39 is 0 Å². The number of ether oxygens (including phenoxy) is 1. The number of para-hydroxylation sites is 1. The minimum Gasteiger partial charge on any atom is -0.506 e. The number of benzene rings is 1. The molecular weight excluding hydrogens is 308 g/mol.